The van der Waals surface area contributed by atoms with E-state index >= 15 is 0 Å². The van der Waals surface area contributed by atoms with Gasteiger partial charge in [-0.25, -0.2) is 4.98 Å². The Hall–Kier alpha value is -0.840. The minimum absolute atomic E-state index is 0.278. The van der Waals surface area contributed by atoms with Gasteiger partial charge in [0.1, 0.15) is 5.01 Å². The van der Waals surface area contributed by atoms with E-state index in [1.807, 2.05) is 11.8 Å². The number of thioether (sulfide) groups is 1. The lowest BCUT2D eigenvalue weighted by atomic mass is 10.0. The number of thiazole rings is 1. The highest BCUT2D eigenvalue weighted by molar-refractivity contribution is 7.98. The number of aromatic nitrogens is 1. The molecule has 1 aliphatic carbocycles. The number of hydrogen-bond donors (Lipinski definition) is 1. The highest BCUT2D eigenvalue weighted by Crippen LogP contribution is 2.35. The van der Waals surface area contributed by atoms with Gasteiger partial charge < -0.3 is 5.11 Å². The lowest BCUT2D eigenvalue weighted by Gasteiger charge is -2.14. The number of hydrogen-bond acceptors (Lipinski definition) is 4. The second-order valence-corrected chi connectivity index (χ2v) is 7.09. The van der Waals surface area contributed by atoms with Gasteiger partial charge in [0.25, 0.3) is 0 Å². The minimum atomic E-state index is -0.278. The van der Waals surface area contributed by atoms with Crippen LogP contribution in [0.5, 0.6) is 0 Å². The van der Waals surface area contributed by atoms with Crippen molar-refractivity contribution < 1.29 is 5.11 Å². The fourth-order valence-electron chi connectivity index (χ4n) is 2.29. The second-order valence-electron chi connectivity index (χ2n) is 4.93. The standard InChI is InChI=1S/C15H17NOS2/c1-10-5-7-11(8-6-10)18-9-14-16-12-3-2-4-13(17)15(12)19-14/h5-8,13,17H,2-4,9H2,1H3. The summed E-state index contributed by atoms with van der Waals surface area (Å²) < 4.78 is 0. The van der Waals surface area contributed by atoms with Gasteiger partial charge in [-0.05, 0) is 38.3 Å². The molecule has 19 heavy (non-hydrogen) atoms. The lowest BCUT2D eigenvalue weighted by Crippen LogP contribution is -2.06. The van der Waals surface area contributed by atoms with E-state index in [1.54, 1.807) is 11.3 Å². The third-order valence-corrected chi connectivity index (χ3v) is 5.75. The van der Waals surface area contributed by atoms with Crippen LogP contribution in [0.1, 0.15) is 40.1 Å². The van der Waals surface area contributed by atoms with Crippen molar-refractivity contribution in [1.29, 1.82) is 0 Å². The molecule has 1 aromatic heterocycles. The van der Waals surface area contributed by atoms with Crippen molar-refractivity contribution in [3.63, 3.8) is 0 Å². The van der Waals surface area contributed by atoms with Gasteiger partial charge in [0.15, 0.2) is 0 Å². The van der Waals surface area contributed by atoms with Crippen LogP contribution < -0.4 is 0 Å². The summed E-state index contributed by atoms with van der Waals surface area (Å²) in [5, 5.41) is 11.1. The van der Waals surface area contributed by atoms with Gasteiger partial charge >= 0.3 is 0 Å². The molecular weight excluding hydrogens is 274 g/mol. The van der Waals surface area contributed by atoms with E-state index in [1.165, 1.54) is 10.5 Å². The molecule has 0 spiro atoms. The van der Waals surface area contributed by atoms with Crippen LogP contribution in [0.25, 0.3) is 0 Å². The summed E-state index contributed by atoms with van der Waals surface area (Å²) in [7, 11) is 0. The summed E-state index contributed by atoms with van der Waals surface area (Å²) in [6.07, 6.45) is 2.69. The Bertz CT molecular complexity index is 562. The molecule has 2 nitrogen and oxygen atoms in total. The maximum Gasteiger partial charge on any atom is 0.103 e. The fourth-order valence-corrected chi connectivity index (χ4v) is 4.31. The first-order valence-electron chi connectivity index (χ1n) is 6.58. The third-order valence-electron chi connectivity index (χ3n) is 3.35. The molecule has 0 saturated carbocycles. The normalized spacial score (nSPS) is 18.3. The number of benzene rings is 1. The summed E-state index contributed by atoms with van der Waals surface area (Å²) in [6, 6.07) is 8.59. The first-order valence-corrected chi connectivity index (χ1v) is 8.38. The average Bonchev–Trinajstić information content (AvgIpc) is 2.83. The van der Waals surface area contributed by atoms with Crippen LogP contribution in [-0.2, 0) is 12.2 Å². The molecule has 3 rings (SSSR count). The van der Waals surface area contributed by atoms with Gasteiger partial charge in [-0.15, -0.1) is 23.1 Å². The molecular formula is C15H17NOS2. The number of aliphatic hydroxyl groups is 1. The average molecular weight is 291 g/mol. The zero-order chi connectivity index (χ0) is 13.2. The van der Waals surface area contributed by atoms with Crippen molar-refractivity contribution in [3.05, 3.63) is 45.4 Å². The van der Waals surface area contributed by atoms with Crippen molar-refractivity contribution in [3.8, 4) is 0 Å². The molecule has 1 N–H and O–H groups in total. The molecule has 0 amide bonds. The molecule has 0 aliphatic heterocycles. The van der Waals surface area contributed by atoms with Gasteiger partial charge in [0.2, 0.25) is 0 Å². The minimum Gasteiger partial charge on any atom is -0.388 e. The van der Waals surface area contributed by atoms with E-state index in [-0.39, 0.29) is 6.10 Å². The van der Waals surface area contributed by atoms with Gasteiger partial charge in [0.05, 0.1) is 22.4 Å². The molecule has 1 atom stereocenters. The molecule has 4 heteroatoms. The summed E-state index contributed by atoms with van der Waals surface area (Å²) in [4.78, 5) is 7.05. The Morgan fingerprint density at radius 3 is 2.89 bits per heavy atom. The van der Waals surface area contributed by atoms with Gasteiger partial charge in [-0.1, -0.05) is 17.7 Å². The Balaban J connectivity index is 1.69. The molecule has 1 unspecified atom stereocenters. The predicted octanol–water partition coefficient (Wildman–Crippen LogP) is 4.11. The monoisotopic (exact) mass is 291 g/mol. The van der Waals surface area contributed by atoms with E-state index in [9.17, 15) is 5.11 Å². The third kappa shape index (κ3) is 3.02. The number of aliphatic hydroxyl groups excluding tert-OH is 1. The van der Waals surface area contributed by atoms with Gasteiger partial charge in [-0.3, -0.25) is 0 Å². The highest BCUT2D eigenvalue weighted by atomic mass is 32.2. The van der Waals surface area contributed by atoms with Crippen molar-refractivity contribution in [2.75, 3.05) is 0 Å². The maximum absolute atomic E-state index is 9.95. The van der Waals surface area contributed by atoms with Crippen LogP contribution in [0, 0.1) is 6.92 Å². The zero-order valence-corrected chi connectivity index (χ0v) is 12.6. The summed E-state index contributed by atoms with van der Waals surface area (Å²) in [5.41, 5.74) is 2.42. The van der Waals surface area contributed by atoms with Crippen LogP contribution in [0.2, 0.25) is 0 Å². The van der Waals surface area contributed by atoms with E-state index in [0.717, 1.165) is 40.6 Å². The van der Waals surface area contributed by atoms with Crippen LogP contribution in [0.15, 0.2) is 29.2 Å². The van der Waals surface area contributed by atoms with Crippen LogP contribution in [0.4, 0.5) is 0 Å². The summed E-state index contributed by atoms with van der Waals surface area (Å²) >= 11 is 3.50. The van der Waals surface area contributed by atoms with E-state index < -0.39 is 0 Å². The van der Waals surface area contributed by atoms with E-state index in [4.69, 9.17) is 0 Å². The first-order chi connectivity index (χ1) is 9.22. The smallest absolute Gasteiger partial charge is 0.103 e. The quantitative estimate of drug-likeness (QED) is 0.864. The maximum atomic E-state index is 9.95. The number of aryl methyl sites for hydroxylation is 2. The fraction of sp³-hybridized carbons (Fsp3) is 0.400. The Labute approximate surface area is 121 Å². The molecule has 0 bridgehead atoms. The highest BCUT2D eigenvalue weighted by Gasteiger charge is 2.22. The van der Waals surface area contributed by atoms with Crippen molar-refractivity contribution in [1.82, 2.24) is 4.98 Å². The van der Waals surface area contributed by atoms with Crippen LogP contribution in [-0.4, -0.2) is 10.1 Å². The Morgan fingerprint density at radius 2 is 2.16 bits per heavy atom. The van der Waals surface area contributed by atoms with Gasteiger partial charge in [0, 0.05) is 4.90 Å². The Morgan fingerprint density at radius 1 is 1.37 bits per heavy atom. The predicted molar refractivity (Wildman–Crippen MR) is 80.8 cm³/mol. The Kier molecular flexibility index (Phi) is 3.91. The van der Waals surface area contributed by atoms with E-state index in [2.05, 4.69) is 36.2 Å². The van der Waals surface area contributed by atoms with Crippen molar-refractivity contribution in [2.24, 2.45) is 0 Å². The van der Waals surface area contributed by atoms with E-state index in [0.29, 0.717) is 0 Å². The molecule has 1 aromatic carbocycles. The van der Waals surface area contributed by atoms with Crippen LogP contribution >= 0.6 is 23.1 Å². The van der Waals surface area contributed by atoms with Gasteiger partial charge in [-0.2, -0.15) is 0 Å². The lowest BCUT2D eigenvalue weighted by molar-refractivity contribution is 0.160. The number of fused-ring (bicyclic) bond motifs is 1. The zero-order valence-electron chi connectivity index (χ0n) is 10.9. The number of nitrogens with zero attached hydrogens (tertiary/aromatic N) is 1. The molecule has 1 aliphatic rings. The molecule has 100 valence electrons. The molecule has 1 heterocycles. The summed E-state index contributed by atoms with van der Waals surface area (Å²) in [6.45, 7) is 2.10. The van der Waals surface area contributed by atoms with Crippen molar-refractivity contribution in [2.45, 2.75) is 42.9 Å². The largest absolute Gasteiger partial charge is 0.388 e. The SMILES string of the molecule is Cc1ccc(SCc2nc3c(s2)C(O)CCC3)cc1. The summed E-state index contributed by atoms with van der Waals surface area (Å²) in [5.74, 6) is 0.896. The second kappa shape index (κ2) is 5.65. The molecule has 0 saturated heterocycles. The first kappa shape index (κ1) is 13.2. The van der Waals surface area contributed by atoms with Crippen LogP contribution in [0.3, 0.4) is 0 Å². The number of rotatable bonds is 3. The van der Waals surface area contributed by atoms with Crippen molar-refractivity contribution >= 4 is 23.1 Å². The molecule has 2 aromatic rings. The molecule has 0 fully saturated rings. The topological polar surface area (TPSA) is 33.1 Å². The molecule has 0 radical (unpaired) electrons.